The number of Topliss-reactive ketones (excluding diaryl/α,β-unsaturated/α-hetero) is 1. The molecule has 13 heavy (non-hydrogen) atoms. The summed E-state index contributed by atoms with van der Waals surface area (Å²) in [6, 6.07) is 4.61. The molecule has 1 aromatic carbocycles. The zero-order chi connectivity index (χ0) is 9.42. The Bertz CT molecular complexity index is 334. The quantitative estimate of drug-likeness (QED) is 0.678. The molecule has 1 saturated carbocycles. The van der Waals surface area contributed by atoms with Crippen molar-refractivity contribution < 1.29 is 9.18 Å². The van der Waals surface area contributed by atoms with E-state index < -0.39 is 0 Å². The highest BCUT2D eigenvalue weighted by atomic mass is 35.5. The van der Waals surface area contributed by atoms with Gasteiger partial charge in [0.1, 0.15) is 11.6 Å². The van der Waals surface area contributed by atoms with Gasteiger partial charge in [0.05, 0.1) is 0 Å². The van der Waals surface area contributed by atoms with Gasteiger partial charge >= 0.3 is 0 Å². The second-order valence-corrected chi connectivity index (χ2v) is 3.69. The van der Waals surface area contributed by atoms with Gasteiger partial charge in [0.15, 0.2) is 0 Å². The molecule has 1 nitrogen and oxygen atoms in total. The van der Waals surface area contributed by atoms with Crippen LogP contribution in [0.5, 0.6) is 0 Å². The van der Waals surface area contributed by atoms with Crippen LogP contribution in [0.15, 0.2) is 18.2 Å². The number of rotatable bonds is 1. The number of halogens is 2. The van der Waals surface area contributed by atoms with E-state index in [0.717, 1.165) is 0 Å². The highest BCUT2D eigenvalue weighted by molar-refractivity contribution is 6.31. The molecule has 3 heteroatoms. The van der Waals surface area contributed by atoms with E-state index >= 15 is 0 Å². The van der Waals surface area contributed by atoms with Crippen LogP contribution < -0.4 is 0 Å². The predicted octanol–water partition coefficient (Wildman–Crippen LogP) is 2.93. The second kappa shape index (κ2) is 3.11. The average molecular weight is 199 g/mol. The summed E-state index contributed by atoms with van der Waals surface area (Å²) in [5.74, 6) is -0.115. The van der Waals surface area contributed by atoms with Crippen LogP contribution in [0.2, 0.25) is 5.02 Å². The first-order valence-corrected chi connectivity index (χ1v) is 4.52. The van der Waals surface area contributed by atoms with Gasteiger partial charge in [-0.25, -0.2) is 4.39 Å². The van der Waals surface area contributed by atoms with Crippen LogP contribution in [0.4, 0.5) is 4.39 Å². The van der Waals surface area contributed by atoms with Crippen molar-refractivity contribution in [1.29, 1.82) is 0 Å². The van der Waals surface area contributed by atoms with E-state index in [-0.39, 0.29) is 17.5 Å². The minimum Gasteiger partial charge on any atom is -0.300 e. The van der Waals surface area contributed by atoms with Crippen molar-refractivity contribution in [3.63, 3.8) is 0 Å². The minimum atomic E-state index is -0.301. The van der Waals surface area contributed by atoms with Gasteiger partial charge in [-0.05, 0) is 12.1 Å². The third-order valence-electron chi connectivity index (χ3n) is 2.36. The molecular formula is C10H8ClFO. The fraction of sp³-hybridized carbons (Fsp3) is 0.300. The number of hydrogen-bond donors (Lipinski definition) is 0. The summed E-state index contributed by atoms with van der Waals surface area (Å²) in [5.41, 5.74) is 0.503. The molecule has 0 heterocycles. The van der Waals surface area contributed by atoms with E-state index in [1.54, 1.807) is 12.1 Å². The van der Waals surface area contributed by atoms with E-state index in [4.69, 9.17) is 11.6 Å². The molecule has 0 unspecified atom stereocenters. The highest BCUT2D eigenvalue weighted by Crippen LogP contribution is 2.38. The number of carbonyl (C=O) groups excluding carboxylic acids is 1. The lowest BCUT2D eigenvalue weighted by Crippen LogP contribution is -2.22. The summed E-state index contributed by atoms with van der Waals surface area (Å²) < 4.78 is 13.3. The molecule has 0 saturated heterocycles. The molecule has 0 amide bonds. The summed E-state index contributed by atoms with van der Waals surface area (Å²) in [5, 5.41) is 0.428. The normalized spacial score (nSPS) is 17.2. The fourth-order valence-corrected chi connectivity index (χ4v) is 1.91. The van der Waals surface area contributed by atoms with Crippen molar-refractivity contribution in [3.05, 3.63) is 34.6 Å². The van der Waals surface area contributed by atoms with E-state index in [9.17, 15) is 9.18 Å². The maximum Gasteiger partial charge on any atom is 0.134 e. The smallest absolute Gasteiger partial charge is 0.134 e. The van der Waals surface area contributed by atoms with Crippen molar-refractivity contribution in [2.24, 2.45) is 0 Å². The van der Waals surface area contributed by atoms with Crippen LogP contribution in [0.1, 0.15) is 24.3 Å². The first-order chi connectivity index (χ1) is 6.18. The maximum absolute atomic E-state index is 13.3. The van der Waals surface area contributed by atoms with Gasteiger partial charge in [-0.1, -0.05) is 17.7 Å². The number of hydrogen-bond acceptors (Lipinski definition) is 1. The van der Waals surface area contributed by atoms with Crippen LogP contribution in [-0.4, -0.2) is 5.78 Å². The molecule has 1 aliphatic rings. The van der Waals surface area contributed by atoms with Crippen molar-refractivity contribution in [2.75, 3.05) is 0 Å². The molecule has 2 rings (SSSR count). The Morgan fingerprint density at radius 3 is 2.62 bits per heavy atom. The lowest BCUT2D eigenvalue weighted by molar-refractivity contribution is -0.124. The third-order valence-corrected chi connectivity index (χ3v) is 2.69. The van der Waals surface area contributed by atoms with Crippen molar-refractivity contribution in [1.82, 2.24) is 0 Å². The van der Waals surface area contributed by atoms with Crippen LogP contribution in [0.25, 0.3) is 0 Å². The van der Waals surface area contributed by atoms with Crippen LogP contribution in [0.3, 0.4) is 0 Å². The molecule has 0 N–H and O–H groups in total. The Labute approximate surface area is 80.5 Å². The largest absolute Gasteiger partial charge is 0.300 e. The van der Waals surface area contributed by atoms with Crippen molar-refractivity contribution in [2.45, 2.75) is 18.8 Å². The average Bonchev–Trinajstić information content (AvgIpc) is 2.00. The zero-order valence-corrected chi connectivity index (χ0v) is 7.64. The lowest BCUT2D eigenvalue weighted by Gasteiger charge is -2.25. The molecule has 0 aliphatic heterocycles. The molecule has 1 aliphatic carbocycles. The monoisotopic (exact) mass is 198 g/mol. The van der Waals surface area contributed by atoms with Gasteiger partial charge in [-0.2, -0.15) is 0 Å². The standard InChI is InChI=1S/C10H8ClFO/c11-8-2-1-3-9(12)10(8)6-4-7(13)5-6/h1-3,6H,4-5H2. The van der Waals surface area contributed by atoms with Crippen molar-refractivity contribution >= 4 is 17.4 Å². The Kier molecular flexibility index (Phi) is 2.08. The fourth-order valence-electron chi connectivity index (χ4n) is 1.59. The van der Waals surface area contributed by atoms with E-state index in [0.29, 0.717) is 23.4 Å². The van der Waals surface area contributed by atoms with Gasteiger partial charge in [-0.15, -0.1) is 0 Å². The Balaban J connectivity index is 2.34. The molecule has 1 fully saturated rings. The molecule has 0 bridgehead atoms. The summed E-state index contributed by atoms with van der Waals surface area (Å²) in [6.07, 6.45) is 0.862. The lowest BCUT2D eigenvalue weighted by atomic mass is 9.79. The molecule has 1 aromatic rings. The first kappa shape index (κ1) is 8.70. The Morgan fingerprint density at radius 1 is 1.38 bits per heavy atom. The maximum atomic E-state index is 13.3. The van der Waals surface area contributed by atoms with E-state index in [2.05, 4.69) is 0 Å². The summed E-state index contributed by atoms with van der Waals surface area (Å²) >= 11 is 5.83. The number of carbonyl (C=O) groups is 1. The number of ketones is 1. The molecule has 0 radical (unpaired) electrons. The molecule has 68 valence electrons. The second-order valence-electron chi connectivity index (χ2n) is 3.28. The SMILES string of the molecule is O=C1CC(c2c(F)cccc2Cl)C1. The summed E-state index contributed by atoms with van der Waals surface area (Å²) in [4.78, 5) is 10.7. The van der Waals surface area contributed by atoms with Crippen LogP contribution in [-0.2, 0) is 4.79 Å². The van der Waals surface area contributed by atoms with E-state index in [1.807, 2.05) is 0 Å². The summed E-state index contributed by atoms with van der Waals surface area (Å²) in [6.45, 7) is 0. The third kappa shape index (κ3) is 1.46. The molecular weight excluding hydrogens is 191 g/mol. The topological polar surface area (TPSA) is 17.1 Å². The number of benzene rings is 1. The van der Waals surface area contributed by atoms with Gasteiger partial charge in [0.25, 0.3) is 0 Å². The Hall–Kier alpha value is -0.890. The molecule has 0 spiro atoms. The van der Waals surface area contributed by atoms with Gasteiger partial charge < -0.3 is 0 Å². The first-order valence-electron chi connectivity index (χ1n) is 4.14. The summed E-state index contributed by atoms with van der Waals surface area (Å²) in [7, 11) is 0. The Morgan fingerprint density at radius 2 is 2.08 bits per heavy atom. The minimum absolute atomic E-state index is 0.00111. The van der Waals surface area contributed by atoms with Gasteiger partial charge in [0, 0.05) is 29.3 Å². The van der Waals surface area contributed by atoms with Crippen molar-refractivity contribution in [3.8, 4) is 0 Å². The van der Waals surface area contributed by atoms with Crippen LogP contribution in [0, 0.1) is 5.82 Å². The highest BCUT2D eigenvalue weighted by Gasteiger charge is 2.31. The molecule has 0 aromatic heterocycles. The zero-order valence-electron chi connectivity index (χ0n) is 6.89. The van der Waals surface area contributed by atoms with Gasteiger partial charge in [0.2, 0.25) is 0 Å². The van der Waals surface area contributed by atoms with Crippen LogP contribution >= 0.6 is 11.6 Å². The molecule has 0 atom stereocenters. The van der Waals surface area contributed by atoms with Gasteiger partial charge in [-0.3, -0.25) is 4.79 Å². The predicted molar refractivity (Wildman–Crippen MR) is 48.4 cm³/mol. The van der Waals surface area contributed by atoms with E-state index in [1.165, 1.54) is 6.07 Å².